The maximum Gasteiger partial charge on any atom is 0.338 e. The molecule has 0 radical (unpaired) electrons. The van der Waals surface area contributed by atoms with Crippen molar-refractivity contribution in [2.24, 2.45) is 0 Å². The molecule has 0 saturated heterocycles. The average molecular weight is 316 g/mol. The third-order valence-electron chi connectivity index (χ3n) is 3.34. The van der Waals surface area contributed by atoms with Gasteiger partial charge in [0, 0.05) is 12.6 Å². The van der Waals surface area contributed by atoms with Crippen LogP contribution in [0.1, 0.15) is 24.2 Å². The minimum atomic E-state index is -0.334. The second kappa shape index (κ2) is 8.10. The number of esters is 1. The molecule has 0 aliphatic carbocycles. The van der Waals surface area contributed by atoms with Crippen LogP contribution in [0, 0.1) is 0 Å². The predicted molar refractivity (Wildman–Crippen MR) is 82.7 cm³/mol. The molecular weight excluding hydrogens is 294 g/mol. The van der Waals surface area contributed by atoms with Gasteiger partial charge in [-0.3, -0.25) is 0 Å². The van der Waals surface area contributed by atoms with Crippen molar-refractivity contribution in [1.29, 1.82) is 0 Å². The Morgan fingerprint density at radius 2 is 1.95 bits per heavy atom. The van der Waals surface area contributed by atoms with Gasteiger partial charge in [0.1, 0.15) is 19.8 Å². The Kier molecular flexibility index (Phi) is 6.78. The predicted octanol–water partition coefficient (Wildman–Crippen LogP) is 2.38. The van der Waals surface area contributed by atoms with Crippen LogP contribution in [0.5, 0.6) is 11.5 Å². The number of fused-ring (bicyclic) bond motifs is 1. The number of rotatable bonds is 5. The van der Waals surface area contributed by atoms with Gasteiger partial charge in [0.25, 0.3) is 0 Å². The van der Waals surface area contributed by atoms with E-state index in [1.165, 1.54) is 0 Å². The van der Waals surface area contributed by atoms with Crippen LogP contribution in [0.15, 0.2) is 18.2 Å². The van der Waals surface area contributed by atoms with Gasteiger partial charge in [0.2, 0.25) is 0 Å². The lowest BCUT2D eigenvalue weighted by Crippen LogP contribution is -2.30. The normalized spacial score (nSPS) is 13.0. The van der Waals surface area contributed by atoms with Crippen molar-refractivity contribution < 1.29 is 19.0 Å². The third-order valence-corrected chi connectivity index (χ3v) is 3.34. The van der Waals surface area contributed by atoms with Crippen molar-refractivity contribution >= 4 is 18.4 Å². The molecule has 2 rings (SSSR count). The number of likely N-dealkylation sites (N-methyl/N-ethyl adjacent to an activating group) is 1. The Morgan fingerprint density at radius 1 is 1.29 bits per heavy atom. The lowest BCUT2D eigenvalue weighted by atomic mass is 10.2. The second-order valence-electron chi connectivity index (χ2n) is 5.07. The quantitative estimate of drug-likeness (QED) is 0.781. The highest BCUT2D eigenvalue weighted by molar-refractivity contribution is 5.90. The van der Waals surface area contributed by atoms with E-state index in [0.29, 0.717) is 49.5 Å². The van der Waals surface area contributed by atoms with E-state index in [4.69, 9.17) is 14.2 Å². The lowest BCUT2D eigenvalue weighted by molar-refractivity contribution is 0.0460. The number of carbonyl (C=O) groups is 1. The molecule has 0 aromatic heterocycles. The molecule has 1 aliphatic rings. The van der Waals surface area contributed by atoms with Crippen LogP contribution in [0.3, 0.4) is 0 Å². The van der Waals surface area contributed by atoms with Crippen molar-refractivity contribution in [3.8, 4) is 11.5 Å². The van der Waals surface area contributed by atoms with Crippen LogP contribution in [-0.2, 0) is 4.74 Å². The molecule has 0 N–H and O–H groups in total. The van der Waals surface area contributed by atoms with E-state index in [0.717, 1.165) is 0 Å². The lowest BCUT2D eigenvalue weighted by Gasteiger charge is -2.21. The SMILES string of the molecule is CC(C)N(C)CCOC(=O)c1ccc2c(c1)OCCO2.Cl. The minimum absolute atomic E-state index is 0. The highest BCUT2D eigenvalue weighted by atomic mass is 35.5. The molecule has 5 nitrogen and oxygen atoms in total. The Labute approximate surface area is 131 Å². The van der Waals surface area contributed by atoms with Crippen molar-refractivity contribution in [2.75, 3.05) is 33.4 Å². The second-order valence-corrected chi connectivity index (χ2v) is 5.07. The smallest absolute Gasteiger partial charge is 0.338 e. The fourth-order valence-corrected chi connectivity index (χ4v) is 1.79. The average Bonchev–Trinajstić information content (AvgIpc) is 2.46. The Morgan fingerprint density at radius 3 is 2.62 bits per heavy atom. The zero-order valence-electron chi connectivity index (χ0n) is 12.6. The van der Waals surface area contributed by atoms with Crippen LogP contribution in [0.4, 0.5) is 0 Å². The van der Waals surface area contributed by atoms with Gasteiger partial charge in [-0.1, -0.05) is 0 Å². The van der Waals surface area contributed by atoms with Crippen molar-refractivity contribution in [1.82, 2.24) is 4.90 Å². The molecule has 0 amide bonds. The standard InChI is InChI=1S/C15H21NO4.ClH/c1-11(2)16(3)6-7-20-15(17)12-4-5-13-14(10-12)19-9-8-18-13;/h4-5,10-11H,6-9H2,1-3H3;1H. The van der Waals surface area contributed by atoms with E-state index in [1.807, 2.05) is 7.05 Å². The summed E-state index contributed by atoms with van der Waals surface area (Å²) in [4.78, 5) is 14.1. The van der Waals surface area contributed by atoms with Crippen LogP contribution in [-0.4, -0.2) is 50.3 Å². The molecule has 0 atom stereocenters. The molecule has 1 aromatic carbocycles. The van der Waals surface area contributed by atoms with Crippen molar-refractivity contribution in [3.05, 3.63) is 23.8 Å². The van der Waals surface area contributed by atoms with Gasteiger partial charge in [-0.2, -0.15) is 0 Å². The number of halogens is 1. The summed E-state index contributed by atoms with van der Waals surface area (Å²) in [6.07, 6.45) is 0. The number of hydrogen-bond donors (Lipinski definition) is 0. The molecular formula is C15H22ClNO4. The molecule has 118 valence electrons. The maximum atomic E-state index is 11.9. The number of nitrogens with zero attached hydrogens (tertiary/aromatic N) is 1. The fourth-order valence-electron chi connectivity index (χ4n) is 1.79. The summed E-state index contributed by atoms with van der Waals surface area (Å²) in [6.45, 7) is 6.34. The van der Waals surface area contributed by atoms with Crippen LogP contribution < -0.4 is 9.47 Å². The highest BCUT2D eigenvalue weighted by Crippen LogP contribution is 2.30. The van der Waals surface area contributed by atoms with Gasteiger partial charge in [0.15, 0.2) is 11.5 Å². The first-order valence-corrected chi connectivity index (χ1v) is 6.85. The molecule has 0 bridgehead atoms. The van der Waals surface area contributed by atoms with Gasteiger partial charge in [-0.05, 0) is 39.1 Å². The topological polar surface area (TPSA) is 48.0 Å². The Bertz CT molecular complexity index is 479. The first-order valence-electron chi connectivity index (χ1n) is 6.85. The highest BCUT2D eigenvalue weighted by Gasteiger charge is 2.15. The van der Waals surface area contributed by atoms with Gasteiger partial charge in [0.05, 0.1) is 5.56 Å². The summed E-state index contributed by atoms with van der Waals surface area (Å²) in [5.74, 6) is 0.941. The number of ether oxygens (including phenoxy) is 3. The van der Waals surface area contributed by atoms with Crippen LogP contribution in [0.2, 0.25) is 0 Å². The summed E-state index contributed by atoms with van der Waals surface area (Å²) in [7, 11) is 2.00. The molecule has 6 heteroatoms. The largest absolute Gasteiger partial charge is 0.486 e. The van der Waals surface area contributed by atoms with Gasteiger partial charge >= 0.3 is 5.97 Å². The van der Waals surface area contributed by atoms with Crippen molar-refractivity contribution in [2.45, 2.75) is 19.9 Å². The Hall–Kier alpha value is -1.46. The molecule has 1 aromatic rings. The third kappa shape index (κ3) is 4.79. The van der Waals surface area contributed by atoms with Gasteiger partial charge in [-0.25, -0.2) is 4.79 Å². The molecule has 0 saturated carbocycles. The summed E-state index contributed by atoms with van der Waals surface area (Å²) in [5.41, 5.74) is 0.487. The first-order chi connectivity index (χ1) is 9.58. The van der Waals surface area contributed by atoms with Crippen LogP contribution in [0.25, 0.3) is 0 Å². The zero-order chi connectivity index (χ0) is 14.5. The zero-order valence-corrected chi connectivity index (χ0v) is 13.4. The molecule has 1 heterocycles. The summed E-state index contributed by atoms with van der Waals surface area (Å²) in [5, 5.41) is 0. The number of benzene rings is 1. The number of hydrogen-bond acceptors (Lipinski definition) is 5. The molecule has 0 spiro atoms. The van der Waals surface area contributed by atoms with E-state index >= 15 is 0 Å². The Balaban J connectivity index is 0.00000220. The van der Waals surface area contributed by atoms with E-state index in [1.54, 1.807) is 18.2 Å². The molecule has 0 unspecified atom stereocenters. The summed E-state index contributed by atoms with van der Waals surface area (Å²) >= 11 is 0. The van der Waals surface area contributed by atoms with Crippen molar-refractivity contribution in [3.63, 3.8) is 0 Å². The molecule has 21 heavy (non-hydrogen) atoms. The van der Waals surface area contributed by atoms with E-state index in [-0.39, 0.29) is 18.4 Å². The van der Waals surface area contributed by atoms with E-state index in [2.05, 4.69) is 18.7 Å². The molecule has 0 fully saturated rings. The summed E-state index contributed by atoms with van der Waals surface area (Å²) < 4.78 is 16.1. The van der Waals surface area contributed by atoms with E-state index in [9.17, 15) is 4.79 Å². The molecule has 1 aliphatic heterocycles. The monoisotopic (exact) mass is 315 g/mol. The summed E-state index contributed by atoms with van der Waals surface area (Å²) in [6, 6.07) is 5.54. The van der Waals surface area contributed by atoms with Gasteiger partial charge < -0.3 is 19.1 Å². The number of carbonyl (C=O) groups excluding carboxylic acids is 1. The van der Waals surface area contributed by atoms with Crippen LogP contribution >= 0.6 is 12.4 Å². The minimum Gasteiger partial charge on any atom is -0.486 e. The maximum absolute atomic E-state index is 11.9. The van der Waals surface area contributed by atoms with Gasteiger partial charge in [-0.15, -0.1) is 12.4 Å². The van der Waals surface area contributed by atoms with E-state index < -0.39 is 0 Å². The first kappa shape index (κ1) is 17.6. The fraction of sp³-hybridized carbons (Fsp3) is 0.533.